The smallest absolute Gasteiger partial charge is 0.319 e. The number of carbonyl (C=O) groups is 1. The molecule has 3 nitrogen and oxygen atoms in total. The highest BCUT2D eigenvalue weighted by molar-refractivity contribution is 7.98. The fraction of sp³-hybridized carbons (Fsp3) is 0.417. The molecule has 0 aliphatic carbocycles. The summed E-state index contributed by atoms with van der Waals surface area (Å²) < 4.78 is 0. The fourth-order valence-corrected chi connectivity index (χ4v) is 1.80. The van der Waals surface area contributed by atoms with Crippen molar-refractivity contribution in [2.75, 3.05) is 11.6 Å². The molecule has 0 aromatic heterocycles. The van der Waals surface area contributed by atoms with Crippen LogP contribution in [0.5, 0.6) is 0 Å². The predicted octanol–water partition coefficient (Wildman–Crippen LogP) is 3.33. The largest absolute Gasteiger partial charge is 0.333 e. The van der Waals surface area contributed by atoms with E-state index in [0.29, 0.717) is 0 Å². The number of amides is 2. The van der Waals surface area contributed by atoms with Crippen LogP contribution in [0.25, 0.3) is 0 Å². The summed E-state index contributed by atoms with van der Waals surface area (Å²) in [7, 11) is 0. The average molecular weight is 238 g/mol. The molecule has 0 radical (unpaired) electrons. The summed E-state index contributed by atoms with van der Waals surface area (Å²) in [6.45, 7) is 5.85. The van der Waals surface area contributed by atoms with Gasteiger partial charge in [-0.3, -0.25) is 0 Å². The van der Waals surface area contributed by atoms with Gasteiger partial charge in [-0.1, -0.05) is 12.1 Å². The number of nitrogens with one attached hydrogen (secondary N) is 2. The van der Waals surface area contributed by atoms with E-state index in [-0.39, 0.29) is 11.6 Å². The molecule has 0 unspecified atom stereocenters. The summed E-state index contributed by atoms with van der Waals surface area (Å²) in [4.78, 5) is 12.7. The topological polar surface area (TPSA) is 41.1 Å². The molecule has 16 heavy (non-hydrogen) atoms. The molecule has 0 spiro atoms. The Morgan fingerprint density at radius 1 is 1.25 bits per heavy atom. The maximum Gasteiger partial charge on any atom is 0.319 e. The first kappa shape index (κ1) is 12.9. The summed E-state index contributed by atoms with van der Waals surface area (Å²) in [5, 5.41) is 5.71. The van der Waals surface area contributed by atoms with Crippen molar-refractivity contribution in [1.82, 2.24) is 5.32 Å². The zero-order valence-electron chi connectivity index (χ0n) is 10.1. The quantitative estimate of drug-likeness (QED) is 0.776. The molecular formula is C12H18N2OS. The zero-order chi connectivity index (χ0) is 12.2. The Labute approximate surface area is 101 Å². The maximum absolute atomic E-state index is 11.7. The lowest BCUT2D eigenvalue weighted by atomic mass is 10.1. The molecule has 0 bridgehead atoms. The van der Waals surface area contributed by atoms with Gasteiger partial charge in [0.2, 0.25) is 0 Å². The van der Waals surface area contributed by atoms with Crippen molar-refractivity contribution < 1.29 is 4.79 Å². The molecule has 2 amide bonds. The van der Waals surface area contributed by atoms with Gasteiger partial charge in [0, 0.05) is 10.4 Å². The van der Waals surface area contributed by atoms with Crippen LogP contribution in [0.3, 0.4) is 0 Å². The van der Waals surface area contributed by atoms with Gasteiger partial charge in [0.05, 0.1) is 5.69 Å². The van der Waals surface area contributed by atoms with Gasteiger partial charge in [0.15, 0.2) is 0 Å². The van der Waals surface area contributed by atoms with Gasteiger partial charge in [0.25, 0.3) is 0 Å². The number of carbonyl (C=O) groups excluding carboxylic acids is 1. The van der Waals surface area contributed by atoms with Crippen molar-refractivity contribution in [3.63, 3.8) is 0 Å². The number of urea groups is 1. The number of hydrogen-bond acceptors (Lipinski definition) is 2. The summed E-state index contributed by atoms with van der Waals surface area (Å²) in [5.74, 6) is 0. The van der Waals surface area contributed by atoms with E-state index in [4.69, 9.17) is 0 Å². The minimum Gasteiger partial charge on any atom is -0.333 e. The summed E-state index contributed by atoms with van der Waals surface area (Å²) in [5.41, 5.74) is 0.620. The number of thioether (sulfide) groups is 1. The third kappa shape index (κ3) is 4.14. The Morgan fingerprint density at radius 3 is 2.44 bits per heavy atom. The third-order valence-electron chi connectivity index (χ3n) is 1.84. The van der Waals surface area contributed by atoms with Crippen LogP contribution < -0.4 is 10.6 Å². The van der Waals surface area contributed by atoms with Crippen LogP contribution in [-0.4, -0.2) is 17.8 Å². The SMILES string of the molecule is CSc1ccccc1NC(=O)NC(C)(C)C. The molecule has 0 fully saturated rings. The normalized spacial score (nSPS) is 11.0. The van der Waals surface area contributed by atoms with Crippen LogP contribution >= 0.6 is 11.8 Å². The number of benzene rings is 1. The molecule has 0 saturated carbocycles. The first-order valence-corrected chi connectivity index (χ1v) is 6.37. The van der Waals surface area contributed by atoms with Gasteiger partial charge in [-0.25, -0.2) is 4.79 Å². The first-order valence-electron chi connectivity index (χ1n) is 5.14. The van der Waals surface area contributed by atoms with E-state index in [9.17, 15) is 4.79 Å². The second-order valence-corrected chi connectivity index (χ2v) is 5.38. The standard InChI is InChI=1S/C12H18N2OS/c1-12(2,3)14-11(15)13-9-7-5-6-8-10(9)16-4/h5-8H,1-4H3,(H2,13,14,15). The Kier molecular flexibility index (Phi) is 4.24. The van der Waals surface area contributed by atoms with Crippen molar-refractivity contribution in [3.8, 4) is 0 Å². The molecule has 0 atom stereocenters. The molecule has 2 N–H and O–H groups in total. The lowest BCUT2D eigenvalue weighted by molar-refractivity contribution is 0.244. The van der Waals surface area contributed by atoms with Crippen LogP contribution in [0.1, 0.15) is 20.8 Å². The minimum absolute atomic E-state index is 0.172. The van der Waals surface area contributed by atoms with Crippen LogP contribution in [0.2, 0.25) is 0 Å². The summed E-state index contributed by atoms with van der Waals surface area (Å²) >= 11 is 1.61. The van der Waals surface area contributed by atoms with Gasteiger partial charge >= 0.3 is 6.03 Å². The highest BCUT2D eigenvalue weighted by atomic mass is 32.2. The van der Waals surface area contributed by atoms with Crippen molar-refractivity contribution >= 4 is 23.5 Å². The molecule has 1 aromatic rings. The van der Waals surface area contributed by atoms with E-state index in [2.05, 4.69) is 10.6 Å². The molecule has 1 rings (SSSR count). The zero-order valence-corrected chi connectivity index (χ0v) is 10.9. The molecule has 1 aromatic carbocycles. The molecule has 88 valence electrons. The summed E-state index contributed by atoms with van der Waals surface area (Å²) in [6, 6.07) is 7.57. The first-order chi connectivity index (χ1) is 7.42. The molecule has 0 aliphatic rings. The van der Waals surface area contributed by atoms with Crippen molar-refractivity contribution in [2.45, 2.75) is 31.2 Å². The molecular weight excluding hydrogens is 220 g/mol. The predicted molar refractivity (Wildman–Crippen MR) is 70.1 cm³/mol. The molecule has 4 heteroatoms. The second kappa shape index (κ2) is 5.25. The van der Waals surface area contributed by atoms with E-state index >= 15 is 0 Å². The van der Waals surface area contributed by atoms with Gasteiger partial charge in [0.1, 0.15) is 0 Å². The molecule has 0 saturated heterocycles. The molecule has 0 heterocycles. The van der Waals surface area contributed by atoms with Crippen LogP contribution in [0.15, 0.2) is 29.2 Å². The highest BCUT2D eigenvalue weighted by Gasteiger charge is 2.14. The molecule has 0 aliphatic heterocycles. The van der Waals surface area contributed by atoms with Crippen LogP contribution in [0.4, 0.5) is 10.5 Å². The number of anilines is 1. The summed E-state index contributed by atoms with van der Waals surface area (Å²) in [6.07, 6.45) is 1.99. The highest BCUT2D eigenvalue weighted by Crippen LogP contribution is 2.24. The van der Waals surface area contributed by atoms with Crippen molar-refractivity contribution in [3.05, 3.63) is 24.3 Å². The van der Waals surface area contributed by atoms with E-state index in [0.717, 1.165) is 10.6 Å². The van der Waals surface area contributed by atoms with E-state index in [1.54, 1.807) is 11.8 Å². The van der Waals surface area contributed by atoms with Gasteiger partial charge in [-0.05, 0) is 39.2 Å². The van der Waals surface area contributed by atoms with Gasteiger partial charge in [-0.2, -0.15) is 0 Å². The number of hydrogen-bond donors (Lipinski definition) is 2. The van der Waals surface area contributed by atoms with Crippen LogP contribution in [-0.2, 0) is 0 Å². The van der Waals surface area contributed by atoms with Crippen LogP contribution in [0, 0.1) is 0 Å². The van der Waals surface area contributed by atoms with Crippen molar-refractivity contribution in [1.29, 1.82) is 0 Å². The minimum atomic E-state index is -0.224. The lowest BCUT2D eigenvalue weighted by Crippen LogP contribution is -2.43. The third-order valence-corrected chi connectivity index (χ3v) is 2.64. The number of rotatable bonds is 2. The van der Waals surface area contributed by atoms with E-state index in [1.165, 1.54) is 0 Å². The Balaban J connectivity index is 2.70. The maximum atomic E-state index is 11.7. The monoisotopic (exact) mass is 238 g/mol. The van der Waals surface area contributed by atoms with E-state index < -0.39 is 0 Å². The van der Waals surface area contributed by atoms with Gasteiger partial charge in [-0.15, -0.1) is 11.8 Å². The second-order valence-electron chi connectivity index (χ2n) is 4.53. The number of para-hydroxylation sites is 1. The Hall–Kier alpha value is -1.16. The lowest BCUT2D eigenvalue weighted by Gasteiger charge is -2.21. The van der Waals surface area contributed by atoms with Gasteiger partial charge < -0.3 is 10.6 Å². The Bertz CT molecular complexity index is 372. The van der Waals surface area contributed by atoms with Crippen molar-refractivity contribution in [2.24, 2.45) is 0 Å². The van der Waals surface area contributed by atoms with E-state index in [1.807, 2.05) is 51.3 Å². The fourth-order valence-electron chi connectivity index (χ4n) is 1.24. The Morgan fingerprint density at radius 2 is 1.88 bits per heavy atom. The average Bonchev–Trinajstić information content (AvgIpc) is 2.15.